The highest BCUT2D eigenvalue weighted by Gasteiger charge is 2.18. The molecule has 3 heterocycles. The number of carbonyl (C=O) groups is 2. The summed E-state index contributed by atoms with van der Waals surface area (Å²) in [5.74, 6) is 0.00801. The Morgan fingerprint density at radius 2 is 2.03 bits per heavy atom. The SMILES string of the molecule is Cc1ccc(-c2csc3nc(NC(=O)c4ccc5c(c4)CCCC(=O)N5)nn23)c(C)c1. The fraction of sp³-hybridized carbons (Fsp3) is 0.217. The number of thiazole rings is 1. The molecule has 1 aliphatic rings. The van der Waals surface area contributed by atoms with Crippen molar-refractivity contribution in [3.8, 4) is 11.3 Å². The van der Waals surface area contributed by atoms with Crippen LogP contribution in [0.2, 0.25) is 0 Å². The number of benzene rings is 2. The Morgan fingerprint density at radius 1 is 1.16 bits per heavy atom. The number of carbonyl (C=O) groups excluding carboxylic acids is 2. The van der Waals surface area contributed by atoms with E-state index >= 15 is 0 Å². The van der Waals surface area contributed by atoms with Crippen molar-refractivity contribution in [2.45, 2.75) is 33.1 Å². The molecule has 5 rings (SSSR count). The number of nitrogens with zero attached hydrogens (tertiary/aromatic N) is 3. The van der Waals surface area contributed by atoms with E-state index in [1.54, 1.807) is 16.6 Å². The van der Waals surface area contributed by atoms with Gasteiger partial charge in [-0.25, -0.2) is 4.52 Å². The number of fused-ring (bicyclic) bond motifs is 2. The van der Waals surface area contributed by atoms with Crippen molar-refractivity contribution in [3.05, 3.63) is 64.0 Å². The fourth-order valence-corrected chi connectivity index (χ4v) is 4.73. The lowest BCUT2D eigenvalue weighted by atomic mass is 10.0. The highest BCUT2D eigenvalue weighted by molar-refractivity contribution is 7.15. The van der Waals surface area contributed by atoms with Crippen molar-refractivity contribution in [1.29, 1.82) is 0 Å². The Kier molecular flexibility index (Phi) is 4.78. The van der Waals surface area contributed by atoms with E-state index in [9.17, 15) is 9.59 Å². The van der Waals surface area contributed by atoms with Crippen molar-refractivity contribution in [3.63, 3.8) is 0 Å². The highest BCUT2D eigenvalue weighted by Crippen LogP contribution is 2.29. The summed E-state index contributed by atoms with van der Waals surface area (Å²) in [6.07, 6.45) is 2.02. The number of anilines is 2. The minimum Gasteiger partial charge on any atom is -0.326 e. The van der Waals surface area contributed by atoms with Crippen LogP contribution in [0.15, 0.2) is 41.8 Å². The summed E-state index contributed by atoms with van der Waals surface area (Å²) in [7, 11) is 0. The summed E-state index contributed by atoms with van der Waals surface area (Å²) < 4.78 is 1.77. The van der Waals surface area contributed by atoms with Crippen LogP contribution in [0.4, 0.5) is 11.6 Å². The average Bonchev–Trinajstić information content (AvgIpc) is 3.23. The third kappa shape index (κ3) is 3.70. The maximum absolute atomic E-state index is 12.8. The molecule has 2 N–H and O–H groups in total. The first-order valence-corrected chi connectivity index (χ1v) is 11.0. The lowest BCUT2D eigenvalue weighted by Gasteiger charge is -2.09. The molecule has 0 aliphatic carbocycles. The molecule has 2 amide bonds. The summed E-state index contributed by atoms with van der Waals surface area (Å²) >= 11 is 1.48. The smallest absolute Gasteiger partial charge is 0.258 e. The molecule has 31 heavy (non-hydrogen) atoms. The van der Waals surface area contributed by atoms with Crippen LogP contribution < -0.4 is 10.6 Å². The normalized spacial score (nSPS) is 13.5. The Hall–Kier alpha value is -3.52. The van der Waals surface area contributed by atoms with Gasteiger partial charge in [-0.1, -0.05) is 23.8 Å². The minimum absolute atomic E-state index is 0.0119. The number of rotatable bonds is 3. The van der Waals surface area contributed by atoms with Gasteiger partial charge in [0.2, 0.25) is 10.9 Å². The molecular formula is C23H21N5O2S. The van der Waals surface area contributed by atoms with Crippen LogP contribution in [-0.2, 0) is 11.2 Å². The first kappa shape index (κ1) is 19.4. The van der Waals surface area contributed by atoms with Gasteiger partial charge in [0.15, 0.2) is 0 Å². The molecule has 156 valence electrons. The highest BCUT2D eigenvalue weighted by atomic mass is 32.1. The molecular weight excluding hydrogens is 410 g/mol. The van der Waals surface area contributed by atoms with Crippen molar-refractivity contribution in [1.82, 2.24) is 14.6 Å². The Bertz CT molecular complexity index is 1340. The number of nitrogens with one attached hydrogen (secondary N) is 2. The molecule has 0 atom stereocenters. The van der Waals surface area contributed by atoms with Gasteiger partial charge >= 0.3 is 0 Å². The van der Waals surface area contributed by atoms with Gasteiger partial charge in [-0.3, -0.25) is 14.9 Å². The van der Waals surface area contributed by atoms with E-state index in [1.165, 1.54) is 16.9 Å². The number of hydrogen-bond donors (Lipinski definition) is 2. The second kappa shape index (κ2) is 7.63. The Labute approximate surface area is 183 Å². The fourth-order valence-electron chi connectivity index (χ4n) is 3.91. The Balaban J connectivity index is 1.41. The third-order valence-corrected chi connectivity index (χ3v) is 6.27. The van der Waals surface area contributed by atoms with E-state index in [-0.39, 0.29) is 17.8 Å². The van der Waals surface area contributed by atoms with Gasteiger partial charge in [0.1, 0.15) is 0 Å². The van der Waals surface area contributed by atoms with E-state index < -0.39 is 0 Å². The second-order valence-electron chi connectivity index (χ2n) is 7.80. The number of aromatic nitrogens is 3. The van der Waals surface area contributed by atoms with Crippen molar-refractivity contribution in [2.75, 3.05) is 10.6 Å². The third-order valence-electron chi connectivity index (χ3n) is 5.46. The van der Waals surface area contributed by atoms with Crippen LogP contribution in [0.5, 0.6) is 0 Å². The quantitative estimate of drug-likeness (QED) is 0.496. The van der Waals surface area contributed by atoms with Crippen LogP contribution in [0.25, 0.3) is 16.2 Å². The van der Waals surface area contributed by atoms with Gasteiger partial charge in [0.05, 0.1) is 5.69 Å². The summed E-state index contributed by atoms with van der Waals surface area (Å²) in [5.41, 5.74) is 6.67. The van der Waals surface area contributed by atoms with Gasteiger partial charge in [0, 0.05) is 28.6 Å². The summed E-state index contributed by atoms with van der Waals surface area (Å²) in [4.78, 5) is 29.7. The van der Waals surface area contributed by atoms with Gasteiger partial charge in [-0.2, -0.15) is 4.98 Å². The lowest BCUT2D eigenvalue weighted by Crippen LogP contribution is -2.14. The van der Waals surface area contributed by atoms with Crippen molar-refractivity contribution in [2.24, 2.45) is 0 Å². The number of aryl methyl sites for hydroxylation is 3. The van der Waals surface area contributed by atoms with Crippen LogP contribution in [-0.4, -0.2) is 26.4 Å². The topological polar surface area (TPSA) is 88.4 Å². The maximum atomic E-state index is 12.8. The second-order valence-corrected chi connectivity index (χ2v) is 8.63. The van der Waals surface area contributed by atoms with E-state index in [4.69, 9.17) is 0 Å². The molecule has 0 saturated carbocycles. The van der Waals surface area contributed by atoms with Gasteiger partial charge < -0.3 is 5.32 Å². The first-order chi connectivity index (χ1) is 15.0. The maximum Gasteiger partial charge on any atom is 0.258 e. The largest absolute Gasteiger partial charge is 0.326 e. The summed E-state index contributed by atoms with van der Waals surface area (Å²) in [5, 5.41) is 12.2. The van der Waals surface area contributed by atoms with E-state index in [0.29, 0.717) is 12.0 Å². The molecule has 7 nitrogen and oxygen atoms in total. The van der Waals surface area contributed by atoms with E-state index in [1.807, 2.05) is 11.4 Å². The summed E-state index contributed by atoms with van der Waals surface area (Å²) in [6, 6.07) is 11.6. The minimum atomic E-state index is -0.273. The molecule has 0 saturated heterocycles. The zero-order valence-corrected chi connectivity index (χ0v) is 18.0. The monoisotopic (exact) mass is 431 g/mol. The van der Waals surface area contributed by atoms with E-state index in [0.717, 1.165) is 45.9 Å². The summed E-state index contributed by atoms with van der Waals surface area (Å²) in [6.45, 7) is 4.14. The van der Waals surface area contributed by atoms with E-state index in [2.05, 4.69) is 52.8 Å². The zero-order valence-electron chi connectivity index (χ0n) is 17.2. The van der Waals surface area contributed by atoms with Gasteiger partial charge in [-0.05, 0) is 56.0 Å². The number of amides is 2. The van der Waals surface area contributed by atoms with Crippen LogP contribution >= 0.6 is 11.3 Å². The van der Waals surface area contributed by atoms with Crippen LogP contribution in [0, 0.1) is 13.8 Å². The average molecular weight is 432 g/mol. The first-order valence-electron chi connectivity index (χ1n) is 10.1. The molecule has 4 aromatic rings. The molecule has 0 radical (unpaired) electrons. The van der Waals surface area contributed by atoms with Gasteiger partial charge in [-0.15, -0.1) is 16.4 Å². The lowest BCUT2D eigenvalue weighted by molar-refractivity contribution is -0.116. The van der Waals surface area contributed by atoms with Crippen LogP contribution in [0.3, 0.4) is 0 Å². The molecule has 2 aromatic carbocycles. The predicted molar refractivity (Wildman–Crippen MR) is 122 cm³/mol. The molecule has 2 aromatic heterocycles. The molecule has 0 bridgehead atoms. The molecule has 1 aliphatic heterocycles. The molecule has 0 unspecified atom stereocenters. The molecule has 0 spiro atoms. The van der Waals surface area contributed by atoms with Crippen LogP contribution in [0.1, 0.15) is 39.9 Å². The van der Waals surface area contributed by atoms with Crippen molar-refractivity contribution < 1.29 is 9.59 Å². The molecule has 8 heteroatoms. The number of hydrogen-bond acceptors (Lipinski definition) is 5. The standard InChI is InChI=1S/C23H21N5O2S/c1-13-6-8-17(14(2)10-13)19-12-31-23-26-22(27-28(19)23)25-21(30)16-7-9-18-15(11-16)4-3-5-20(29)24-18/h6-12H,3-5H2,1-2H3,(H,24,29)(H,25,27,30). The Morgan fingerprint density at radius 3 is 2.87 bits per heavy atom. The van der Waals surface area contributed by atoms with Gasteiger partial charge in [0.25, 0.3) is 11.9 Å². The van der Waals surface area contributed by atoms with Crippen molar-refractivity contribution >= 4 is 39.7 Å². The predicted octanol–water partition coefficient (Wildman–Crippen LogP) is 4.60. The zero-order chi connectivity index (χ0) is 21.5. The molecule has 0 fully saturated rings.